The van der Waals surface area contributed by atoms with Crippen LogP contribution in [0.4, 0.5) is 18.9 Å². The van der Waals surface area contributed by atoms with Gasteiger partial charge in [0.1, 0.15) is 13.2 Å². The summed E-state index contributed by atoms with van der Waals surface area (Å²) in [5.74, 6) is -2.25. The zero-order valence-electron chi connectivity index (χ0n) is 29.3. The number of carbonyl (C=O) groups excluding carboxylic acids is 4. The second-order valence-corrected chi connectivity index (χ2v) is 14.7. The van der Waals surface area contributed by atoms with Gasteiger partial charge in [0.15, 0.2) is 17.6 Å². The van der Waals surface area contributed by atoms with Crippen LogP contribution in [0, 0.1) is 5.41 Å². The lowest BCUT2D eigenvalue weighted by molar-refractivity contribution is -0.873. The number of benzene rings is 1. The van der Waals surface area contributed by atoms with Gasteiger partial charge in [-0.05, 0) is 55.7 Å². The predicted molar refractivity (Wildman–Crippen MR) is 173 cm³/mol. The summed E-state index contributed by atoms with van der Waals surface area (Å²) in [6.07, 6.45) is -2.67. The summed E-state index contributed by atoms with van der Waals surface area (Å²) >= 11 is 0. The van der Waals surface area contributed by atoms with Gasteiger partial charge in [0, 0.05) is 25.1 Å². The van der Waals surface area contributed by atoms with Gasteiger partial charge in [-0.15, -0.1) is 0 Å². The maximum absolute atomic E-state index is 14.0. The standard InChI is InChI=1S/C34H46F3N5O7.ClH/c1-20(43)49-24(19-42(4,5)6)16-29(45)48-14-13-47-23-10-7-21(8-11-23)39-26-15-22(9-12-25(26)32(38)46)41-27-17-33(2,3)18-28(44)30(27)31(40-41)34(35,36)37;/h9,12,15,21,23-24H,7-8,10-11,13-14,16-19H2,1-6H3,(H2-,38,39,46);1H. The van der Waals surface area contributed by atoms with Crippen molar-refractivity contribution in [3.8, 4) is 5.69 Å². The molecule has 1 heterocycles. The molecule has 1 aromatic heterocycles. The highest BCUT2D eigenvalue weighted by atomic mass is 35.5. The second kappa shape index (κ2) is 16.1. The number of likely N-dealkylation sites (N-methyl/N-ethyl adjacent to an activating group) is 1. The first-order valence-electron chi connectivity index (χ1n) is 16.4. The molecule has 0 radical (unpaired) electrons. The van der Waals surface area contributed by atoms with Crippen molar-refractivity contribution in [3.63, 3.8) is 0 Å². The molecule has 0 spiro atoms. The molecule has 2 aromatic rings. The lowest BCUT2D eigenvalue weighted by Crippen LogP contribution is -3.00. The molecule has 0 bridgehead atoms. The lowest BCUT2D eigenvalue weighted by atomic mass is 9.75. The van der Waals surface area contributed by atoms with Gasteiger partial charge >= 0.3 is 18.1 Å². The molecule has 2 aliphatic rings. The number of halogens is 4. The summed E-state index contributed by atoms with van der Waals surface area (Å²) in [6, 6.07) is 4.39. The highest BCUT2D eigenvalue weighted by Crippen LogP contribution is 2.42. The number of ether oxygens (including phenoxy) is 3. The predicted octanol–water partition coefficient (Wildman–Crippen LogP) is 1.46. The molecular weight excluding hydrogens is 683 g/mol. The topological polar surface area (TPSA) is 152 Å². The van der Waals surface area contributed by atoms with Gasteiger partial charge in [-0.1, -0.05) is 13.8 Å². The van der Waals surface area contributed by atoms with Crippen LogP contribution in [0.3, 0.4) is 0 Å². The van der Waals surface area contributed by atoms with Crippen LogP contribution in [0.5, 0.6) is 0 Å². The van der Waals surface area contributed by atoms with Gasteiger partial charge in [-0.2, -0.15) is 18.3 Å². The SMILES string of the molecule is CC(=O)OC(CC(=O)OCCOC1CCC(Nc2cc(-n3nc(C(F)(F)F)c4c3CC(C)(C)CC4=O)ccc2C(N)=O)CC1)C[N+](C)(C)C.[Cl-]. The number of hydrogen-bond donors (Lipinski definition) is 2. The van der Waals surface area contributed by atoms with E-state index < -0.39 is 52.6 Å². The van der Waals surface area contributed by atoms with Crippen molar-refractivity contribution in [1.82, 2.24) is 9.78 Å². The minimum Gasteiger partial charge on any atom is -1.00 e. The van der Waals surface area contributed by atoms with Gasteiger partial charge < -0.3 is 42.2 Å². The molecule has 4 rings (SSSR count). The second-order valence-electron chi connectivity index (χ2n) is 14.7. The fourth-order valence-electron chi connectivity index (χ4n) is 6.56. The molecule has 3 N–H and O–H groups in total. The van der Waals surface area contributed by atoms with E-state index in [1.807, 2.05) is 35.0 Å². The highest BCUT2D eigenvalue weighted by Gasteiger charge is 2.45. The number of fused-ring (bicyclic) bond motifs is 1. The van der Waals surface area contributed by atoms with Crippen molar-refractivity contribution < 1.29 is 63.5 Å². The summed E-state index contributed by atoms with van der Waals surface area (Å²) in [7, 11) is 5.80. The minimum atomic E-state index is -4.82. The number of nitrogens with two attached hydrogens (primary N) is 1. The van der Waals surface area contributed by atoms with Crippen LogP contribution in [0.25, 0.3) is 5.69 Å². The van der Waals surface area contributed by atoms with Crippen LogP contribution in [-0.2, 0) is 36.4 Å². The van der Waals surface area contributed by atoms with Crippen molar-refractivity contribution in [2.45, 2.75) is 90.1 Å². The molecule has 1 fully saturated rings. The summed E-state index contributed by atoms with van der Waals surface area (Å²) < 4.78 is 60.1. The van der Waals surface area contributed by atoms with Crippen LogP contribution in [0.2, 0.25) is 0 Å². The van der Waals surface area contributed by atoms with E-state index in [9.17, 15) is 32.3 Å². The van der Waals surface area contributed by atoms with Gasteiger partial charge in [0.05, 0.1) is 62.8 Å². The van der Waals surface area contributed by atoms with Crippen molar-refractivity contribution in [2.75, 3.05) is 46.2 Å². The van der Waals surface area contributed by atoms with Crippen LogP contribution >= 0.6 is 0 Å². The Morgan fingerprint density at radius 3 is 2.34 bits per heavy atom. The number of nitrogens with zero attached hydrogens (tertiary/aromatic N) is 3. The Morgan fingerprint density at radius 2 is 1.76 bits per heavy atom. The number of amides is 1. The zero-order chi connectivity index (χ0) is 36.3. The van der Waals surface area contributed by atoms with Gasteiger partial charge in [0.2, 0.25) is 0 Å². The number of ketones is 1. The fourth-order valence-corrected chi connectivity index (χ4v) is 6.56. The third-order valence-electron chi connectivity index (χ3n) is 8.54. The molecular formula is C34H47ClF3N5O7. The molecule has 0 aliphatic heterocycles. The quantitative estimate of drug-likeness (QED) is 0.177. The summed E-state index contributed by atoms with van der Waals surface area (Å²) in [5, 5.41) is 7.21. The van der Waals surface area contributed by atoms with Crippen LogP contribution in [0.1, 0.15) is 91.4 Å². The van der Waals surface area contributed by atoms with Crippen LogP contribution < -0.4 is 23.5 Å². The molecule has 1 aromatic carbocycles. The van der Waals surface area contributed by atoms with Gasteiger partial charge in [-0.25, -0.2) is 4.68 Å². The molecule has 2 aliphatic carbocycles. The van der Waals surface area contributed by atoms with E-state index in [4.69, 9.17) is 19.9 Å². The molecule has 1 unspecified atom stereocenters. The molecule has 1 atom stereocenters. The number of carbonyl (C=O) groups is 4. The number of esters is 2. The highest BCUT2D eigenvalue weighted by molar-refractivity contribution is 6.00. The number of alkyl halides is 3. The van der Waals surface area contributed by atoms with Crippen molar-refractivity contribution in [2.24, 2.45) is 11.1 Å². The number of rotatable bonds is 13. The van der Waals surface area contributed by atoms with E-state index in [1.54, 1.807) is 6.07 Å². The number of nitrogens with one attached hydrogen (secondary N) is 1. The number of hydrogen-bond acceptors (Lipinski definition) is 9. The summed E-state index contributed by atoms with van der Waals surface area (Å²) in [4.78, 5) is 49.0. The Labute approximate surface area is 296 Å². The monoisotopic (exact) mass is 729 g/mol. The first-order chi connectivity index (χ1) is 22.7. The van der Waals surface area contributed by atoms with Crippen LogP contribution in [0.15, 0.2) is 18.2 Å². The third-order valence-corrected chi connectivity index (χ3v) is 8.54. The summed E-state index contributed by atoms with van der Waals surface area (Å²) in [6.45, 7) is 5.66. The molecule has 1 amide bonds. The first-order valence-corrected chi connectivity index (χ1v) is 16.4. The van der Waals surface area contributed by atoms with Gasteiger partial charge in [0.25, 0.3) is 5.91 Å². The van der Waals surface area contributed by atoms with Crippen molar-refractivity contribution >= 4 is 29.3 Å². The van der Waals surface area contributed by atoms with E-state index in [1.165, 1.54) is 19.1 Å². The third kappa shape index (κ3) is 10.9. The molecule has 1 saturated carbocycles. The Morgan fingerprint density at radius 1 is 1.10 bits per heavy atom. The van der Waals surface area contributed by atoms with E-state index in [0.717, 1.165) is 4.68 Å². The molecule has 12 nitrogen and oxygen atoms in total. The van der Waals surface area contributed by atoms with Crippen molar-refractivity contribution in [3.05, 3.63) is 40.7 Å². The normalized spacial score (nSPS) is 19.5. The maximum Gasteiger partial charge on any atom is 0.435 e. The van der Waals surface area contributed by atoms with E-state index in [2.05, 4.69) is 10.4 Å². The Bertz CT molecular complexity index is 1560. The number of primary amides is 1. The average molecular weight is 730 g/mol. The van der Waals surface area contributed by atoms with Crippen molar-refractivity contribution in [1.29, 1.82) is 0 Å². The largest absolute Gasteiger partial charge is 1.00 e. The molecule has 50 heavy (non-hydrogen) atoms. The Balaban J connectivity index is 0.00000676. The zero-order valence-corrected chi connectivity index (χ0v) is 30.1. The molecule has 278 valence electrons. The van der Waals surface area contributed by atoms with E-state index in [0.29, 0.717) is 42.4 Å². The summed E-state index contributed by atoms with van der Waals surface area (Å²) in [5.41, 5.74) is 4.47. The Kier molecular flexibility index (Phi) is 13.1. The van der Waals surface area contributed by atoms with Gasteiger partial charge in [-0.3, -0.25) is 19.2 Å². The lowest BCUT2D eigenvalue weighted by Gasteiger charge is -2.31. The maximum atomic E-state index is 14.0. The fraction of sp³-hybridized carbons (Fsp3) is 0.618. The van der Waals surface area contributed by atoms with E-state index >= 15 is 0 Å². The average Bonchev–Trinajstić information content (AvgIpc) is 3.34. The number of quaternary nitrogens is 1. The number of anilines is 1. The number of aromatic nitrogens is 2. The Hall–Kier alpha value is -3.69. The number of Topliss-reactive ketones (excluding diaryl/α,β-unsaturated/α-hetero) is 1. The minimum absolute atomic E-state index is 0. The van der Waals surface area contributed by atoms with E-state index in [-0.39, 0.29) is 74.0 Å². The van der Waals surface area contributed by atoms with Crippen LogP contribution in [-0.4, -0.2) is 97.0 Å². The molecule has 0 saturated heterocycles. The smallest absolute Gasteiger partial charge is 0.435 e. The molecule has 16 heteroatoms. The first kappa shape index (κ1) is 40.7.